The van der Waals surface area contributed by atoms with Gasteiger partial charge in [0, 0.05) is 60.6 Å². The van der Waals surface area contributed by atoms with E-state index in [2.05, 4.69) is 201 Å². The molecule has 2 aliphatic rings. The van der Waals surface area contributed by atoms with Crippen molar-refractivity contribution in [3.63, 3.8) is 0 Å². The van der Waals surface area contributed by atoms with Gasteiger partial charge in [0.25, 0.3) is 0 Å². The topological polar surface area (TPSA) is 26.2 Å². The molecular formula is C52H42BN3O. The molecule has 4 nitrogen and oxygen atoms in total. The minimum absolute atomic E-state index is 0.0481. The summed E-state index contributed by atoms with van der Waals surface area (Å²) in [7, 11) is 0. The molecule has 0 atom stereocenters. The highest BCUT2D eigenvalue weighted by Crippen LogP contribution is 2.50. The minimum atomic E-state index is -0.182. The SMILES string of the molecule is CC(C)(C)c1ccc(N2c3cc(C(C)(C)C)cc4c3B(c3oc5ccccc5c32)n2c3ccc5c6ccccc6n(-c6ccccc6)c5c3c3cccc-4c32)cc1. The number of furan rings is 1. The summed E-state index contributed by atoms with van der Waals surface area (Å²) in [6.07, 6.45) is 0. The molecule has 0 N–H and O–H groups in total. The number of hydrogen-bond acceptors (Lipinski definition) is 2. The first-order chi connectivity index (χ1) is 27.6. The molecule has 7 aromatic carbocycles. The molecule has 0 amide bonds. The van der Waals surface area contributed by atoms with Crippen LogP contribution in [0.25, 0.3) is 71.4 Å². The normalized spacial score (nSPS) is 13.7. The third kappa shape index (κ3) is 4.35. The molecule has 0 unspecified atom stereocenters. The van der Waals surface area contributed by atoms with Gasteiger partial charge in [0.15, 0.2) is 0 Å². The van der Waals surface area contributed by atoms with Crippen molar-refractivity contribution in [1.82, 2.24) is 9.05 Å². The Kier molecular flexibility index (Phi) is 6.38. The Morgan fingerprint density at radius 3 is 1.98 bits per heavy atom. The lowest BCUT2D eigenvalue weighted by Crippen LogP contribution is -2.56. The number of aromatic nitrogens is 2. The third-order valence-electron chi connectivity index (χ3n) is 12.8. The van der Waals surface area contributed by atoms with Crippen LogP contribution in [0, 0.1) is 0 Å². The lowest BCUT2D eigenvalue weighted by atomic mass is 9.47. The van der Waals surface area contributed by atoms with Crippen LogP contribution in [0.3, 0.4) is 0 Å². The van der Waals surface area contributed by atoms with Crippen molar-refractivity contribution in [2.24, 2.45) is 0 Å². The Morgan fingerprint density at radius 1 is 0.509 bits per heavy atom. The van der Waals surface area contributed by atoms with Crippen LogP contribution in [0.2, 0.25) is 0 Å². The van der Waals surface area contributed by atoms with Gasteiger partial charge in [-0.3, -0.25) is 0 Å². The van der Waals surface area contributed by atoms with Crippen molar-refractivity contribution in [2.45, 2.75) is 52.4 Å². The zero-order valence-electron chi connectivity index (χ0n) is 33.2. The van der Waals surface area contributed by atoms with E-state index in [1.54, 1.807) is 0 Å². The van der Waals surface area contributed by atoms with E-state index in [0.29, 0.717) is 0 Å². The molecule has 0 aliphatic carbocycles. The van der Waals surface area contributed by atoms with Crippen LogP contribution in [-0.2, 0) is 10.8 Å². The number of para-hydroxylation sites is 4. The number of anilines is 3. The molecule has 12 rings (SSSR count). The highest BCUT2D eigenvalue weighted by molar-refractivity contribution is 6.89. The number of benzene rings is 7. The molecule has 0 bridgehead atoms. The summed E-state index contributed by atoms with van der Waals surface area (Å²) in [6.45, 7) is 13.7. The molecule has 5 heteroatoms. The van der Waals surface area contributed by atoms with Crippen molar-refractivity contribution in [3.8, 4) is 16.8 Å². The predicted octanol–water partition coefficient (Wildman–Crippen LogP) is 12.7. The highest BCUT2D eigenvalue weighted by Gasteiger charge is 2.47. The smallest absolute Gasteiger partial charge is 0.375 e. The van der Waals surface area contributed by atoms with Gasteiger partial charge in [-0.15, -0.1) is 0 Å². The zero-order chi connectivity index (χ0) is 38.5. The fraction of sp³-hybridized carbons (Fsp3) is 0.154. The molecule has 0 radical (unpaired) electrons. The molecular weight excluding hydrogens is 693 g/mol. The summed E-state index contributed by atoms with van der Waals surface area (Å²) >= 11 is 0. The lowest BCUT2D eigenvalue weighted by molar-refractivity contribution is 0.590. The van der Waals surface area contributed by atoms with Gasteiger partial charge < -0.3 is 18.4 Å². The molecule has 5 heterocycles. The van der Waals surface area contributed by atoms with Crippen molar-refractivity contribution >= 4 is 89.6 Å². The minimum Gasteiger partial charge on any atom is -0.466 e. The summed E-state index contributed by atoms with van der Waals surface area (Å²) in [5.74, 6) is 0. The monoisotopic (exact) mass is 735 g/mol. The van der Waals surface area contributed by atoms with E-state index in [0.717, 1.165) is 33.7 Å². The van der Waals surface area contributed by atoms with E-state index in [1.165, 1.54) is 77.0 Å². The fourth-order valence-corrected chi connectivity index (χ4v) is 10.1. The maximum absolute atomic E-state index is 7.19. The second-order valence-corrected chi connectivity index (χ2v) is 18.2. The van der Waals surface area contributed by atoms with Gasteiger partial charge in [0.05, 0.1) is 16.7 Å². The van der Waals surface area contributed by atoms with Crippen LogP contribution in [0.4, 0.5) is 17.1 Å². The number of fused-ring (bicyclic) bond motifs is 13. The van der Waals surface area contributed by atoms with E-state index in [4.69, 9.17) is 4.42 Å². The van der Waals surface area contributed by atoms with E-state index in [-0.39, 0.29) is 17.7 Å². The fourth-order valence-electron chi connectivity index (χ4n) is 10.1. The summed E-state index contributed by atoms with van der Waals surface area (Å²) in [4.78, 5) is 2.50. The largest absolute Gasteiger partial charge is 0.466 e. The Bertz CT molecular complexity index is 3310. The van der Waals surface area contributed by atoms with E-state index in [1.807, 2.05) is 0 Å². The molecule has 3 aromatic heterocycles. The predicted molar refractivity (Wildman–Crippen MR) is 241 cm³/mol. The van der Waals surface area contributed by atoms with Gasteiger partial charge in [0.1, 0.15) is 11.2 Å². The Balaban J connectivity index is 1.26. The standard InChI is InChI=1S/C52H42BN3O/c1-51(2,3)31-23-25-34(26-24-31)55-43-30-32(52(4,5)6)29-40-36-19-14-20-39-45-42(56(47(36)39)53(46(40)43)50-49(55)38-18-11-13-22-44(38)57-50)28-27-37-35-17-10-12-21-41(35)54(48(37)45)33-15-8-7-9-16-33/h7-30H,1-6H3. The molecule has 0 saturated heterocycles. The Labute approximate surface area is 332 Å². The van der Waals surface area contributed by atoms with Gasteiger partial charge in [0.2, 0.25) is 0 Å². The Morgan fingerprint density at radius 2 is 1.21 bits per heavy atom. The van der Waals surface area contributed by atoms with Crippen LogP contribution in [0.1, 0.15) is 52.7 Å². The number of hydrogen-bond donors (Lipinski definition) is 0. The van der Waals surface area contributed by atoms with E-state index >= 15 is 0 Å². The number of rotatable bonds is 2. The second-order valence-electron chi connectivity index (χ2n) is 18.2. The van der Waals surface area contributed by atoms with Crippen LogP contribution < -0.4 is 16.0 Å². The molecule has 0 saturated carbocycles. The summed E-state index contributed by atoms with van der Waals surface area (Å²) in [6, 6.07) is 54.1. The third-order valence-corrected chi connectivity index (χ3v) is 12.8. The van der Waals surface area contributed by atoms with Crippen molar-refractivity contribution in [2.75, 3.05) is 4.90 Å². The van der Waals surface area contributed by atoms with Crippen molar-refractivity contribution in [3.05, 3.63) is 157 Å². The molecule has 57 heavy (non-hydrogen) atoms. The maximum Gasteiger partial charge on any atom is 0.375 e. The zero-order valence-corrected chi connectivity index (χ0v) is 33.2. The van der Waals surface area contributed by atoms with Crippen molar-refractivity contribution < 1.29 is 4.42 Å². The summed E-state index contributed by atoms with van der Waals surface area (Å²) in [5.41, 5.74) is 17.9. The second kappa shape index (κ2) is 11.1. The van der Waals surface area contributed by atoms with Gasteiger partial charge >= 0.3 is 6.85 Å². The molecule has 2 aliphatic heterocycles. The van der Waals surface area contributed by atoms with Gasteiger partial charge in [-0.1, -0.05) is 133 Å². The highest BCUT2D eigenvalue weighted by atomic mass is 16.3. The summed E-state index contributed by atoms with van der Waals surface area (Å²) < 4.78 is 12.3. The van der Waals surface area contributed by atoms with Gasteiger partial charge in [-0.05, 0) is 87.6 Å². The first-order valence-corrected chi connectivity index (χ1v) is 20.2. The van der Waals surface area contributed by atoms with E-state index < -0.39 is 0 Å². The number of nitrogens with zero attached hydrogens (tertiary/aromatic N) is 3. The molecule has 274 valence electrons. The quantitative estimate of drug-likeness (QED) is 0.165. The van der Waals surface area contributed by atoms with Gasteiger partial charge in [-0.2, -0.15) is 0 Å². The Hall–Kier alpha value is -6.46. The first kappa shape index (κ1) is 32.8. The molecule has 0 fully saturated rings. The lowest BCUT2D eigenvalue weighted by Gasteiger charge is -2.39. The maximum atomic E-state index is 7.19. The molecule has 10 aromatic rings. The van der Waals surface area contributed by atoms with Crippen LogP contribution in [-0.4, -0.2) is 15.9 Å². The first-order valence-electron chi connectivity index (χ1n) is 20.2. The van der Waals surface area contributed by atoms with Crippen LogP contribution >= 0.6 is 0 Å². The van der Waals surface area contributed by atoms with Gasteiger partial charge in [-0.25, -0.2) is 0 Å². The van der Waals surface area contributed by atoms with Crippen molar-refractivity contribution in [1.29, 1.82) is 0 Å². The average molecular weight is 736 g/mol. The average Bonchev–Trinajstić information content (AvgIpc) is 3.87. The summed E-state index contributed by atoms with van der Waals surface area (Å²) in [5, 5.41) is 6.18. The van der Waals surface area contributed by atoms with Crippen LogP contribution in [0.15, 0.2) is 150 Å². The van der Waals surface area contributed by atoms with E-state index in [9.17, 15) is 0 Å². The molecule has 0 spiro atoms. The van der Waals surface area contributed by atoms with Crippen LogP contribution in [0.5, 0.6) is 0 Å².